The van der Waals surface area contributed by atoms with Gasteiger partial charge in [-0.3, -0.25) is 4.79 Å². The molecule has 0 aliphatic heterocycles. The van der Waals surface area contributed by atoms with Crippen LogP contribution in [-0.2, 0) is 4.79 Å². The van der Waals surface area contributed by atoms with Crippen LogP contribution in [0.2, 0.25) is 0 Å². The molecule has 1 aromatic rings. The average Bonchev–Trinajstić information content (AvgIpc) is 2.28. The first-order valence-electron chi connectivity index (χ1n) is 5.33. The molecule has 0 aromatic heterocycles. The maximum absolute atomic E-state index is 10.8. The normalized spacial score (nSPS) is 11.7. The topological polar surface area (TPSA) is 73.6 Å². The standard InChI is InChI=1S/C12H18N2O3/c1-8(6-12(13)15)14-10-5-4-9(16-2)7-11(10)17-3/h4-5,7-8,14H,6H2,1-3H3,(H2,13,15). The fourth-order valence-electron chi connectivity index (χ4n) is 1.54. The Kier molecular flexibility index (Phi) is 4.63. The van der Waals surface area contributed by atoms with Crippen molar-refractivity contribution in [2.75, 3.05) is 19.5 Å². The molecule has 1 aromatic carbocycles. The SMILES string of the molecule is COc1ccc(NC(C)CC(N)=O)c(OC)c1. The summed E-state index contributed by atoms with van der Waals surface area (Å²) in [6.07, 6.45) is 0.273. The lowest BCUT2D eigenvalue weighted by atomic mass is 10.2. The van der Waals surface area contributed by atoms with Gasteiger partial charge in [0.15, 0.2) is 0 Å². The molecule has 0 saturated carbocycles. The summed E-state index contributed by atoms with van der Waals surface area (Å²) in [5.74, 6) is 1.05. The van der Waals surface area contributed by atoms with Gasteiger partial charge in [0.25, 0.3) is 0 Å². The third-order valence-electron chi connectivity index (χ3n) is 2.32. The van der Waals surface area contributed by atoms with Gasteiger partial charge in [-0.2, -0.15) is 0 Å². The number of amides is 1. The van der Waals surface area contributed by atoms with Crippen LogP contribution in [0, 0.1) is 0 Å². The molecule has 0 bridgehead atoms. The van der Waals surface area contributed by atoms with E-state index >= 15 is 0 Å². The summed E-state index contributed by atoms with van der Waals surface area (Å²) in [5.41, 5.74) is 5.94. The number of methoxy groups -OCH3 is 2. The van der Waals surface area contributed by atoms with Crippen LogP contribution < -0.4 is 20.5 Å². The highest BCUT2D eigenvalue weighted by Crippen LogP contribution is 2.29. The molecule has 17 heavy (non-hydrogen) atoms. The van der Waals surface area contributed by atoms with Crippen molar-refractivity contribution in [2.45, 2.75) is 19.4 Å². The molecule has 0 aliphatic rings. The van der Waals surface area contributed by atoms with Gasteiger partial charge in [-0.05, 0) is 19.1 Å². The van der Waals surface area contributed by atoms with E-state index < -0.39 is 0 Å². The highest BCUT2D eigenvalue weighted by Gasteiger charge is 2.10. The number of carbonyl (C=O) groups excluding carboxylic acids is 1. The van der Waals surface area contributed by atoms with Crippen LogP contribution in [0.25, 0.3) is 0 Å². The number of anilines is 1. The zero-order chi connectivity index (χ0) is 12.8. The lowest BCUT2D eigenvalue weighted by Crippen LogP contribution is -2.24. The predicted molar refractivity (Wildman–Crippen MR) is 66.4 cm³/mol. The summed E-state index contributed by atoms with van der Waals surface area (Å²) in [7, 11) is 3.18. The Balaban J connectivity index is 2.79. The molecule has 0 heterocycles. The van der Waals surface area contributed by atoms with E-state index in [1.54, 1.807) is 20.3 Å². The maximum atomic E-state index is 10.8. The number of primary amides is 1. The number of rotatable bonds is 6. The van der Waals surface area contributed by atoms with Gasteiger partial charge in [0.05, 0.1) is 19.9 Å². The summed E-state index contributed by atoms with van der Waals surface area (Å²) >= 11 is 0. The first-order chi connectivity index (χ1) is 8.06. The lowest BCUT2D eigenvalue weighted by molar-refractivity contribution is -0.118. The van der Waals surface area contributed by atoms with Crippen molar-refractivity contribution in [1.82, 2.24) is 0 Å². The van der Waals surface area contributed by atoms with Crippen molar-refractivity contribution in [1.29, 1.82) is 0 Å². The van der Waals surface area contributed by atoms with Crippen molar-refractivity contribution < 1.29 is 14.3 Å². The fraction of sp³-hybridized carbons (Fsp3) is 0.417. The monoisotopic (exact) mass is 238 g/mol. The van der Waals surface area contributed by atoms with E-state index in [9.17, 15) is 4.79 Å². The number of nitrogens with one attached hydrogen (secondary N) is 1. The number of nitrogens with two attached hydrogens (primary N) is 1. The predicted octanol–water partition coefficient (Wildman–Crippen LogP) is 1.38. The molecule has 0 aliphatic carbocycles. The van der Waals surface area contributed by atoms with Gasteiger partial charge < -0.3 is 20.5 Å². The minimum atomic E-state index is -0.336. The summed E-state index contributed by atoms with van der Waals surface area (Å²) in [6.45, 7) is 1.88. The Labute approximate surface area is 101 Å². The molecule has 0 fully saturated rings. The van der Waals surface area contributed by atoms with E-state index in [0.717, 1.165) is 11.4 Å². The van der Waals surface area contributed by atoms with Crippen molar-refractivity contribution in [3.05, 3.63) is 18.2 Å². The zero-order valence-corrected chi connectivity index (χ0v) is 10.3. The molecule has 1 amide bonds. The van der Waals surface area contributed by atoms with Gasteiger partial charge in [0, 0.05) is 18.5 Å². The Morgan fingerprint density at radius 3 is 2.65 bits per heavy atom. The van der Waals surface area contributed by atoms with E-state index in [4.69, 9.17) is 15.2 Å². The van der Waals surface area contributed by atoms with Crippen LogP contribution in [0.5, 0.6) is 11.5 Å². The number of hydrogen-bond donors (Lipinski definition) is 2. The Bertz CT molecular complexity index is 393. The second kappa shape index (κ2) is 5.98. The third-order valence-corrected chi connectivity index (χ3v) is 2.32. The summed E-state index contributed by atoms with van der Waals surface area (Å²) < 4.78 is 10.3. The second-order valence-electron chi connectivity index (χ2n) is 3.78. The molecule has 0 radical (unpaired) electrons. The minimum absolute atomic E-state index is 0.0465. The first kappa shape index (κ1) is 13.2. The third kappa shape index (κ3) is 3.86. The van der Waals surface area contributed by atoms with Crippen LogP contribution in [0.15, 0.2) is 18.2 Å². The number of carbonyl (C=O) groups is 1. The summed E-state index contributed by atoms with van der Waals surface area (Å²) in [5, 5.41) is 3.16. The van der Waals surface area contributed by atoms with Gasteiger partial charge in [-0.1, -0.05) is 0 Å². The van der Waals surface area contributed by atoms with E-state index in [1.807, 2.05) is 19.1 Å². The Morgan fingerprint density at radius 1 is 1.41 bits per heavy atom. The van der Waals surface area contributed by atoms with Crippen molar-refractivity contribution >= 4 is 11.6 Å². The van der Waals surface area contributed by atoms with Crippen molar-refractivity contribution in [3.8, 4) is 11.5 Å². The van der Waals surface area contributed by atoms with E-state index in [1.165, 1.54) is 0 Å². The molecular weight excluding hydrogens is 220 g/mol. The smallest absolute Gasteiger partial charge is 0.219 e. The molecule has 1 rings (SSSR count). The van der Waals surface area contributed by atoms with Crippen LogP contribution in [0.1, 0.15) is 13.3 Å². The van der Waals surface area contributed by atoms with Crippen molar-refractivity contribution in [3.63, 3.8) is 0 Å². The highest BCUT2D eigenvalue weighted by atomic mass is 16.5. The fourth-order valence-corrected chi connectivity index (χ4v) is 1.54. The molecule has 1 unspecified atom stereocenters. The molecule has 94 valence electrons. The molecule has 0 saturated heterocycles. The molecular formula is C12H18N2O3. The largest absolute Gasteiger partial charge is 0.497 e. The van der Waals surface area contributed by atoms with Gasteiger partial charge in [-0.15, -0.1) is 0 Å². The molecule has 0 spiro atoms. The van der Waals surface area contributed by atoms with E-state index in [0.29, 0.717) is 5.75 Å². The van der Waals surface area contributed by atoms with Gasteiger partial charge >= 0.3 is 0 Å². The molecule has 5 heteroatoms. The van der Waals surface area contributed by atoms with Gasteiger partial charge in [0.2, 0.25) is 5.91 Å². The number of ether oxygens (including phenoxy) is 2. The first-order valence-corrected chi connectivity index (χ1v) is 5.33. The Hall–Kier alpha value is -1.91. The summed E-state index contributed by atoms with van der Waals surface area (Å²) in [4.78, 5) is 10.8. The average molecular weight is 238 g/mol. The molecule has 3 N–H and O–H groups in total. The highest BCUT2D eigenvalue weighted by molar-refractivity contribution is 5.75. The number of benzene rings is 1. The van der Waals surface area contributed by atoms with Crippen LogP contribution in [0.4, 0.5) is 5.69 Å². The maximum Gasteiger partial charge on any atom is 0.219 e. The van der Waals surface area contributed by atoms with Crippen LogP contribution >= 0.6 is 0 Å². The van der Waals surface area contributed by atoms with Crippen molar-refractivity contribution in [2.24, 2.45) is 5.73 Å². The van der Waals surface area contributed by atoms with Gasteiger partial charge in [-0.25, -0.2) is 0 Å². The lowest BCUT2D eigenvalue weighted by Gasteiger charge is -2.16. The van der Waals surface area contributed by atoms with E-state index in [2.05, 4.69) is 5.32 Å². The van der Waals surface area contributed by atoms with Crippen LogP contribution in [0.3, 0.4) is 0 Å². The molecule has 5 nitrogen and oxygen atoms in total. The minimum Gasteiger partial charge on any atom is -0.497 e. The summed E-state index contributed by atoms with van der Waals surface area (Å²) in [6, 6.07) is 5.39. The quantitative estimate of drug-likeness (QED) is 0.785. The van der Waals surface area contributed by atoms with Crippen LogP contribution in [-0.4, -0.2) is 26.2 Å². The number of hydrogen-bond acceptors (Lipinski definition) is 4. The van der Waals surface area contributed by atoms with Gasteiger partial charge in [0.1, 0.15) is 11.5 Å². The Morgan fingerprint density at radius 2 is 2.12 bits per heavy atom. The zero-order valence-electron chi connectivity index (χ0n) is 10.3. The second-order valence-corrected chi connectivity index (χ2v) is 3.78. The van der Waals surface area contributed by atoms with E-state index in [-0.39, 0.29) is 18.4 Å². The molecule has 1 atom stereocenters.